The van der Waals surface area contributed by atoms with Crippen LogP contribution in [-0.2, 0) is 13.0 Å². The van der Waals surface area contributed by atoms with E-state index in [-0.39, 0.29) is 5.91 Å². The highest BCUT2D eigenvalue weighted by atomic mass is 16.1. The Kier molecular flexibility index (Phi) is 5.29. The summed E-state index contributed by atoms with van der Waals surface area (Å²) < 4.78 is 3.83. The molecule has 6 heteroatoms. The van der Waals surface area contributed by atoms with Gasteiger partial charge < -0.3 is 9.88 Å². The Morgan fingerprint density at radius 1 is 0.964 bits per heavy atom. The van der Waals surface area contributed by atoms with Crippen LogP contribution in [0.1, 0.15) is 21.6 Å². The molecule has 140 valence electrons. The van der Waals surface area contributed by atoms with Gasteiger partial charge in [-0.3, -0.25) is 4.79 Å². The fraction of sp³-hybridized carbons (Fsp3) is 0.136. The first-order valence-corrected chi connectivity index (χ1v) is 9.21. The van der Waals surface area contributed by atoms with Crippen LogP contribution in [0.4, 0.5) is 0 Å². The van der Waals surface area contributed by atoms with Gasteiger partial charge in [0.15, 0.2) is 0 Å². The maximum atomic E-state index is 12.3. The molecule has 2 aromatic heterocycles. The number of benzene rings is 2. The van der Waals surface area contributed by atoms with E-state index >= 15 is 0 Å². The third kappa shape index (κ3) is 4.35. The fourth-order valence-corrected chi connectivity index (χ4v) is 2.98. The molecule has 0 saturated heterocycles. The third-order valence-corrected chi connectivity index (χ3v) is 4.47. The number of imidazole rings is 1. The third-order valence-electron chi connectivity index (χ3n) is 4.47. The standard InChI is InChI=1S/C22H21N5O/c28-22(19-8-6-18(7-9-19)16-26-15-13-23-17-26)24-12-10-20-11-14-27(25-20)21-4-2-1-3-5-21/h1-9,11,13-15,17H,10,12,16H2,(H,24,28). The molecule has 1 amide bonds. The molecule has 2 heterocycles. The second-order valence-corrected chi connectivity index (χ2v) is 6.53. The molecule has 0 spiro atoms. The van der Waals surface area contributed by atoms with Crippen LogP contribution >= 0.6 is 0 Å². The Labute approximate surface area is 163 Å². The molecule has 0 bridgehead atoms. The van der Waals surface area contributed by atoms with Crippen molar-refractivity contribution in [2.24, 2.45) is 0 Å². The summed E-state index contributed by atoms with van der Waals surface area (Å²) in [6.07, 6.45) is 8.07. The van der Waals surface area contributed by atoms with Crippen LogP contribution in [-0.4, -0.2) is 31.8 Å². The Balaban J connectivity index is 1.28. The van der Waals surface area contributed by atoms with Crippen molar-refractivity contribution in [2.45, 2.75) is 13.0 Å². The summed E-state index contributed by atoms with van der Waals surface area (Å²) in [7, 11) is 0. The number of carbonyl (C=O) groups is 1. The van der Waals surface area contributed by atoms with E-state index in [1.807, 2.05) is 82.3 Å². The molecule has 0 aliphatic carbocycles. The maximum absolute atomic E-state index is 12.3. The number of hydrogen-bond donors (Lipinski definition) is 1. The molecule has 0 aliphatic rings. The van der Waals surface area contributed by atoms with Gasteiger partial charge in [0.25, 0.3) is 5.91 Å². The molecule has 4 aromatic rings. The number of aromatic nitrogens is 4. The summed E-state index contributed by atoms with van der Waals surface area (Å²) in [5.41, 5.74) is 3.75. The lowest BCUT2D eigenvalue weighted by molar-refractivity contribution is 0.0954. The topological polar surface area (TPSA) is 64.7 Å². The molecular weight excluding hydrogens is 350 g/mol. The molecule has 2 aromatic carbocycles. The SMILES string of the molecule is O=C(NCCc1ccn(-c2ccccc2)n1)c1ccc(Cn2ccnc2)cc1. The first kappa shape index (κ1) is 17.7. The number of nitrogens with one attached hydrogen (secondary N) is 1. The zero-order valence-corrected chi connectivity index (χ0v) is 15.4. The van der Waals surface area contributed by atoms with Gasteiger partial charge in [-0.1, -0.05) is 30.3 Å². The van der Waals surface area contributed by atoms with Gasteiger partial charge in [-0.25, -0.2) is 9.67 Å². The van der Waals surface area contributed by atoms with Gasteiger partial charge in [0.05, 0.1) is 17.7 Å². The molecule has 1 N–H and O–H groups in total. The van der Waals surface area contributed by atoms with Crippen molar-refractivity contribution < 1.29 is 4.79 Å². The van der Waals surface area contributed by atoms with Crippen molar-refractivity contribution in [2.75, 3.05) is 6.54 Å². The molecule has 0 aliphatic heterocycles. The quantitative estimate of drug-likeness (QED) is 0.543. The van der Waals surface area contributed by atoms with Crippen molar-refractivity contribution in [3.05, 3.63) is 102 Å². The number of carbonyl (C=O) groups excluding carboxylic acids is 1. The van der Waals surface area contributed by atoms with Crippen LogP contribution < -0.4 is 5.32 Å². The smallest absolute Gasteiger partial charge is 0.251 e. The molecule has 0 radical (unpaired) electrons. The highest BCUT2D eigenvalue weighted by Crippen LogP contribution is 2.08. The zero-order chi connectivity index (χ0) is 19.2. The Morgan fingerprint density at radius 2 is 1.79 bits per heavy atom. The Morgan fingerprint density at radius 3 is 2.54 bits per heavy atom. The van der Waals surface area contributed by atoms with E-state index in [1.54, 1.807) is 12.5 Å². The van der Waals surface area contributed by atoms with Crippen molar-refractivity contribution in [3.8, 4) is 5.69 Å². The van der Waals surface area contributed by atoms with Gasteiger partial charge in [0.2, 0.25) is 0 Å². The molecule has 28 heavy (non-hydrogen) atoms. The van der Waals surface area contributed by atoms with Gasteiger partial charge in [0.1, 0.15) is 0 Å². The molecule has 0 unspecified atom stereocenters. The largest absolute Gasteiger partial charge is 0.352 e. The van der Waals surface area contributed by atoms with E-state index in [1.165, 1.54) is 0 Å². The summed E-state index contributed by atoms with van der Waals surface area (Å²) in [4.78, 5) is 16.4. The van der Waals surface area contributed by atoms with Crippen LogP contribution in [0.25, 0.3) is 5.69 Å². The van der Waals surface area contributed by atoms with Crippen LogP contribution in [0.3, 0.4) is 0 Å². The average Bonchev–Trinajstić information content (AvgIpc) is 3.41. The van der Waals surface area contributed by atoms with Crippen LogP contribution in [0, 0.1) is 0 Å². The molecular formula is C22H21N5O. The van der Waals surface area contributed by atoms with Gasteiger partial charge >= 0.3 is 0 Å². The van der Waals surface area contributed by atoms with Gasteiger partial charge in [0, 0.05) is 43.7 Å². The molecule has 4 rings (SSSR count). The summed E-state index contributed by atoms with van der Waals surface area (Å²) in [6.45, 7) is 1.29. The van der Waals surface area contributed by atoms with Crippen molar-refractivity contribution in [1.82, 2.24) is 24.6 Å². The lowest BCUT2D eigenvalue weighted by Gasteiger charge is -2.06. The summed E-state index contributed by atoms with van der Waals surface area (Å²) in [5.74, 6) is -0.0725. The predicted molar refractivity (Wildman–Crippen MR) is 107 cm³/mol. The summed E-state index contributed by atoms with van der Waals surface area (Å²) in [6, 6.07) is 19.6. The van der Waals surface area contributed by atoms with Gasteiger partial charge in [-0.15, -0.1) is 0 Å². The van der Waals surface area contributed by atoms with E-state index < -0.39 is 0 Å². The monoisotopic (exact) mass is 371 g/mol. The van der Waals surface area contributed by atoms with E-state index in [9.17, 15) is 4.79 Å². The first-order valence-electron chi connectivity index (χ1n) is 9.21. The number of hydrogen-bond acceptors (Lipinski definition) is 3. The lowest BCUT2D eigenvalue weighted by atomic mass is 10.1. The summed E-state index contributed by atoms with van der Waals surface area (Å²) in [5, 5.41) is 7.51. The van der Waals surface area contributed by atoms with E-state index in [0.717, 1.165) is 23.5 Å². The number of nitrogens with zero attached hydrogens (tertiary/aromatic N) is 4. The number of para-hydroxylation sites is 1. The normalized spacial score (nSPS) is 10.7. The van der Waals surface area contributed by atoms with E-state index in [2.05, 4.69) is 15.4 Å². The van der Waals surface area contributed by atoms with Gasteiger partial charge in [-0.2, -0.15) is 5.10 Å². The second-order valence-electron chi connectivity index (χ2n) is 6.53. The highest BCUT2D eigenvalue weighted by molar-refractivity contribution is 5.94. The molecule has 0 saturated carbocycles. The highest BCUT2D eigenvalue weighted by Gasteiger charge is 2.06. The minimum absolute atomic E-state index is 0.0725. The second kappa shape index (κ2) is 8.35. The van der Waals surface area contributed by atoms with Gasteiger partial charge in [-0.05, 0) is 35.9 Å². The van der Waals surface area contributed by atoms with Crippen LogP contribution in [0.15, 0.2) is 85.6 Å². The minimum Gasteiger partial charge on any atom is -0.352 e. The maximum Gasteiger partial charge on any atom is 0.251 e. The average molecular weight is 371 g/mol. The predicted octanol–water partition coefficient (Wildman–Crippen LogP) is 3.09. The van der Waals surface area contributed by atoms with E-state index in [0.29, 0.717) is 18.5 Å². The van der Waals surface area contributed by atoms with Crippen molar-refractivity contribution >= 4 is 5.91 Å². The molecule has 0 atom stereocenters. The van der Waals surface area contributed by atoms with Crippen LogP contribution in [0.5, 0.6) is 0 Å². The minimum atomic E-state index is -0.0725. The van der Waals surface area contributed by atoms with Crippen molar-refractivity contribution in [3.63, 3.8) is 0 Å². The van der Waals surface area contributed by atoms with E-state index in [4.69, 9.17) is 0 Å². The lowest BCUT2D eigenvalue weighted by Crippen LogP contribution is -2.25. The zero-order valence-electron chi connectivity index (χ0n) is 15.4. The Bertz CT molecular complexity index is 1020. The number of rotatable bonds is 7. The first-order chi connectivity index (χ1) is 13.8. The molecule has 6 nitrogen and oxygen atoms in total. The Hall–Kier alpha value is -3.67. The van der Waals surface area contributed by atoms with Crippen LogP contribution in [0.2, 0.25) is 0 Å². The number of amides is 1. The van der Waals surface area contributed by atoms with Crippen molar-refractivity contribution in [1.29, 1.82) is 0 Å². The molecule has 0 fully saturated rings. The summed E-state index contributed by atoms with van der Waals surface area (Å²) >= 11 is 0. The fourth-order valence-electron chi connectivity index (χ4n) is 2.98.